The highest BCUT2D eigenvalue weighted by Gasteiger charge is 2.15. The average molecular weight is 258 g/mol. The zero-order valence-corrected chi connectivity index (χ0v) is 11.9. The van der Waals surface area contributed by atoms with Gasteiger partial charge in [-0.25, -0.2) is 4.98 Å². The van der Waals surface area contributed by atoms with Crippen molar-refractivity contribution in [1.29, 1.82) is 0 Å². The molecule has 1 N–H and O–H groups in total. The first-order chi connectivity index (χ1) is 8.07. The molecule has 0 saturated carbocycles. The number of hydrogen-bond acceptors (Lipinski definition) is 5. The fourth-order valence-electron chi connectivity index (χ4n) is 1.24. The van der Waals surface area contributed by atoms with Crippen LogP contribution in [0.1, 0.15) is 31.0 Å². The Bertz CT molecular complexity index is 326. The van der Waals surface area contributed by atoms with Crippen LogP contribution < -0.4 is 5.32 Å². The third-order valence-corrected chi connectivity index (χ3v) is 3.48. The van der Waals surface area contributed by atoms with Gasteiger partial charge in [-0.05, 0) is 27.3 Å². The Morgan fingerprint density at radius 1 is 1.47 bits per heavy atom. The molecule has 0 spiro atoms. The van der Waals surface area contributed by atoms with Crippen LogP contribution in [0, 0.1) is 0 Å². The largest absolute Gasteiger partial charge is 0.379 e. The normalized spacial score (nSPS) is 12.0. The Morgan fingerprint density at radius 2 is 2.24 bits per heavy atom. The highest BCUT2D eigenvalue weighted by atomic mass is 32.1. The van der Waals surface area contributed by atoms with E-state index in [0.29, 0.717) is 13.2 Å². The van der Waals surface area contributed by atoms with Crippen molar-refractivity contribution in [2.75, 3.05) is 20.8 Å². The molecule has 0 radical (unpaired) electrons. The minimum Gasteiger partial charge on any atom is -0.379 e. The molecule has 0 aliphatic rings. The summed E-state index contributed by atoms with van der Waals surface area (Å²) in [5.74, 6) is 0. The Hall–Kier alpha value is -0.490. The van der Waals surface area contributed by atoms with Crippen LogP contribution in [0.2, 0.25) is 0 Å². The van der Waals surface area contributed by atoms with Crippen molar-refractivity contribution in [3.63, 3.8) is 0 Å². The van der Waals surface area contributed by atoms with Crippen molar-refractivity contribution < 1.29 is 9.47 Å². The van der Waals surface area contributed by atoms with Crippen molar-refractivity contribution in [3.05, 3.63) is 16.1 Å². The van der Waals surface area contributed by atoms with E-state index in [1.807, 2.05) is 12.4 Å². The maximum absolute atomic E-state index is 5.59. The van der Waals surface area contributed by atoms with Crippen LogP contribution in [0.4, 0.5) is 0 Å². The second kappa shape index (κ2) is 7.06. The SMILES string of the molecule is CNCc1nc(COCCC(C)(C)OC)cs1. The summed E-state index contributed by atoms with van der Waals surface area (Å²) in [6.07, 6.45) is 0.886. The van der Waals surface area contributed by atoms with Gasteiger partial charge in [-0.15, -0.1) is 11.3 Å². The summed E-state index contributed by atoms with van der Waals surface area (Å²) in [5.41, 5.74) is 0.898. The maximum Gasteiger partial charge on any atom is 0.107 e. The summed E-state index contributed by atoms with van der Waals surface area (Å²) in [4.78, 5) is 4.45. The van der Waals surface area contributed by atoms with Gasteiger partial charge >= 0.3 is 0 Å². The molecule has 0 aliphatic carbocycles. The van der Waals surface area contributed by atoms with Gasteiger partial charge in [0.15, 0.2) is 0 Å². The first-order valence-electron chi connectivity index (χ1n) is 5.78. The van der Waals surface area contributed by atoms with Gasteiger partial charge in [0.25, 0.3) is 0 Å². The van der Waals surface area contributed by atoms with Gasteiger partial charge < -0.3 is 14.8 Å². The third kappa shape index (κ3) is 5.59. The number of methoxy groups -OCH3 is 1. The van der Waals surface area contributed by atoms with Crippen LogP contribution in [0.5, 0.6) is 0 Å². The molecule has 4 nitrogen and oxygen atoms in total. The molecule has 1 aromatic rings. The average Bonchev–Trinajstić information content (AvgIpc) is 2.73. The van der Waals surface area contributed by atoms with Crippen LogP contribution in [-0.4, -0.2) is 31.3 Å². The molecule has 0 aromatic carbocycles. The summed E-state index contributed by atoms with van der Waals surface area (Å²) in [5, 5.41) is 6.23. The Balaban J connectivity index is 2.22. The number of aromatic nitrogens is 1. The van der Waals surface area contributed by atoms with E-state index < -0.39 is 0 Å². The Labute approximate surface area is 107 Å². The van der Waals surface area contributed by atoms with Gasteiger partial charge in [-0.1, -0.05) is 0 Å². The molecule has 17 heavy (non-hydrogen) atoms. The first-order valence-corrected chi connectivity index (χ1v) is 6.66. The van der Waals surface area contributed by atoms with Crippen LogP contribution in [0.25, 0.3) is 0 Å². The van der Waals surface area contributed by atoms with Crippen molar-refractivity contribution >= 4 is 11.3 Å². The van der Waals surface area contributed by atoms with Gasteiger partial charge in [0.1, 0.15) is 5.01 Å². The molecule has 0 fully saturated rings. The lowest BCUT2D eigenvalue weighted by Gasteiger charge is -2.22. The van der Waals surface area contributed by atoms with Crippen LogP contribution >= 0.6 is 11.3 Å². The summed E-state index contributed by atoms with van der Waals surface area (Å²) in [7, 11) is 3.65. The zero-order valence-electron chi connectivity index (χ0n) is 11.1. The number of nitrogens with zero attached hydrogens (tertiary/aromatic N) is 1. The quantitative estimate of drug-likeness (QED) is 0.726. The highest BCUT2D eigenvalue weighted by Crippen LogP contribution is 2.14. The lowest BCUT2D eigenvalue weighted by molar-refractivity contribution is -0.0127. The molecule has 0 amide bonds. The topological polar surface area (TPSA) is 43.4 Å². The van der Waals surface area contributed by atoms with Crippen LogP contribution in [0.15, 0.2) is 5.38 Å². The van der Waals surface area contributed by atoms with Crippen molar-refractivity contribution in [1.82, 2.24) is 10.3 Å². The minimum absolute atomic E-state index is 0.112. The third-order valence-electron chi connectivity index (χ3n) is 2.58. The lowest BCUT2D eigenvalue weighted by Crippen LogP contribution is -2.24. The first kappa shape index (κ1) is 14.6. The zero-order chi connectivity index (χ0) is 12.7. The monoisotopic (exact) mass is 258 g/mol. The van der Waals surface area contributed by atoms with Gasteiger partial charge in [0.05, 0.1) is 17.9 Å². The van der Waals surface area contributed by atoms with Crippen LogP contribution in [0.3, 0.4) is 0 Å². The van der Waals surface area contributed by atoms with Gasteiger partial charge in [-0.3, -0.25) is 0 Å². The Kier molecular flexibility index (Phi) is 6.05. The maximum atomic E-state index is 5.59. The molecule has 0 aliphatic heterocycles. The summed E-state index contributed by atoms with van der Waals surface area (Å²) in [6.45, 7) is 6.22. The summed E-state index contributed by atoms with van der Waals surface area (Å²) in [6, 6.07) is 0. The molecule has 0 atom stereocenters. The Morgan fingerprint density at radius 3 is 2.88 bits per heavy atom. The van der Waals surface area contributed by atoms with E-state index in [1.54, 1.807) is 18.4 Å². The van der Waals surface area contributed by atoms with Crippen molar-refractivity contribution in [3.8, 4) is 0 Å². The van der Waals surface area contributed by atoms with Crippen molar-refractivity contribution in [2.45, 2.75) is 39.0 Å². The molecule has 0 unspecified atom stereocenters. The van der Waals surface area contributed by atoms with E-state index in [1.165, 1.54) is 0 Å². The molecule has 5 heteroatoms. The van der Waals surface area contributed by atoms with Crippen LogP contribution in [-0.2, 0) is 22.6 Å². The number of ether oxygens (including phenoxy) is 2. The number of hydrogen-bond donors (Lipinski definition) is 1. The van der Waals surface area contributed by atoms with Crippen molar-refractivity contribution in [2.24, 2.45) is 0 Å². The molecule has 0 bridgehead atoms. The van der Waals surface area contributed by atoms with E-state index in [-0.39, 0.29) is 5.60 Å². The summed E-state index contributed by atoms with van der Waals surface area (Å²) >= 11 is 1.66. The smallest absolute Gasteiger partial charge is 0.107 e. The summed E-state index contributed by atoms with van der Waals surface area (Å²) < 4.78 is 10.9. The van der Waals surface area contributed by atoms with E-state index in [4.69, 9.17) is 9.47 Å². The molecule has 1 heterocycles. The molecule has 98 valence electrons. The predicted molar refractivity (Wildman–Crippen MR) is 70.2 cm³/mol. The van der Waals surface area contributed by atoms with Gasteiger partial charge in [-0.2, -0.15) is 0 Å². The molecule has 1 aromatic heterocycles. The van der Waals surface area contributed by atoms with E-state index >= 15 is 0 Å². The lowest BCUT2D eigenvalue weighted by atomic mass is 10.1. The second-order valence-corrected chi connectivity index (χ2v) is 5.47. The van der Waals surface area contributed by atoms with E-state index in [0.717, 1.165) is 23.7 Å². The predicted octanol–water partition coefficient (Wildman–Crippen LogP) is 2.19. The molecular weight excluding hydrogens is 236 g/mol. The second-order valence-electron chi connectivity index (χ2n) is 4.53. The van der Waals surface area contributed by atoms with Gasteiger partial charge in [0, 0.05) is 25.6 Å². The highest BCUT2D eigenvalue weighted by molar-refractivity contribution is 7.09. The van der Waals surface area contributed by atoms with E-state index in [2.05, 4.69) is 24.1 Å². The molecule has 0 saturated heterocycles. The fraction of sp³-hybridized carbons (Fsp3) is 0.750. The number of rotatable bonds is 8. The standard InChI is InChI=1S/C12H22N2O2S/c1-12(2,15-4)5-6-16-8-10-9-17-11(14-10)7-13-3/h9,13H,5-8H2,1-4H3. The molecule has 1 rings (SSSR count). The number of nitrogens with one attached hydrogen (secondary N) is 1. The number of thiazole rings is 1. The minimum atomic E-state index is -0.112. The fourth-order valence-corrected chi connectivity index (χ4v) is 2.03. The van der Waals surface area contributed by atoms with E-state index in [9.17, 15) is 0 Å². The molecular formula is C12H22N2O2S. The van der Waals surface area contributed by atoms with Gasteiger partial charge in [0.2, 0.25) is 0 Å².